The molecule has 0 spiro atoms. The van der Waals surface area contributed by atoms with Crippen LogP contribution in [0.2, 0.25) is 0 Å². The average Bonchev–Trinajstić information content (AvgIpc) is 3.02. The number of thiazole rings is 1. The molecule has 0 bridgehead atoms. The summed E-state index contributed by atoms with van der Waals surface area (Å²) in [7, 11) is 0. The number of esters is 1. The molecule has 1 aliphatic carbocycles. The van der Waals surface area contributed by atoms with Crippen molar-refractivity contribution in [3.63, 3.8) is 0 Å². The number of nitrogens with zero attached hydrogens (tertiary/aromatic N) is 2. The van der Waals surface area contributed by atoms with Crippen LogP contribution in [0.1, 0.15) is 62.1 Å². The normalized spacial score (nSPS) is 17.4. The predicted molar refractivity (Wildman–Crippen MR) is 98.3 cm³/mol. The first-order chi connectivity index (χ1) is 11.7. The summed E-state index contributed by atoms with van der Waals surface area (Å²) in [6, 6.07) is 0. The Morgan fingerprint density at radius 2 is 2.12 bits per heavy atom. The van der Waals surface area contributed by atoms with Gasteiger partial charge in [0.2, 0.25) is 5.91 Å². The third-order valence-electron chi connectivity index (χ3n) is 4.80. The highest BCUT2D eigenvalue weighted by molar-refractivity contribution is 7.17. The Labute approximate surface area is 151 Å². The van der Waals surface area contributed by atoms with Gasteiger partial charge in [0, 0.05) is 17.5 Å². The van der Waals surface area contributed by atoms with Gasteiger partial charge in [-0.3, -0.25) is 9.20 Å². The largest absolute Gasteiger partial charge is 0.461 e. The van der Waals surface area contributed by atoms with E-state index in [9.17, 15) is 9.59 Å². The molecule has 2 heterocycles. The molecular weight excluding hydrogens is 338 g/mol. The van der Waals surface area contributed by atoms with Crippen molar-refractivity contribution in [3.05, 3.63) is 16.3 Å². The Balaban J connectivity index is 2.08. The van der Waals surface area contributed by atoms with Crippen LogP contribution in [0.5, 0.6) is 0 Å². The van der Waals surface area contributed by atoms with Gasteiger partial charge in [0.1, 0.15) is 0 Å². The second kappa shape index (κ2) is 6.44. The minimum atomic E-state index is -0.501. The summed E-state index contributed by atoms with van der Waals surface area (Å²) in [6.45, 7) is 10.3. The van der Waals surface area contributed by atoms with Gasteiger partial charge >= 0.3 is 5.97 Å². The molecule has 0 saturated carbocycles. The molecule has 0 saturated heterocycles. The highest BCUT2D eigenvalue weighted by atomic mass is 32.1. The van der Waals surface area contributed by atoms with Crippen LogP contribution >= 0.6 is 11.3 Å². The third-order valence-corrected chi connectivity index (χ3v) is 5.91. The van der Waals surface area contributed by atoms with Crippen molar-refractivity contribution in [1.82, 2.24) is 9.38 Å². The maximum Gasteiger partial charge on any atom is 0.360 e. The molecule has 25 heavy (non-hydrogen) atoms. The molecule has 1 N–H and O–H groups in total. The van der Waals surface area contributed by atoms with E-state index < -0.39 is 5.97 Å². The minimum Gasteiger partial charge on any atom is -0.461 e. The van der Waals surface area contributed by atoms with E-state index in [0.717, 1.165) is 29.9 Å². The molecule has 3 rings (SSSR count). The van der Waals surface area contributed by atoms with Crippen LogP contribution in [0.15, 0.2) is 0 Å². The lowest BCUT2D eigenvalue weighted by molar-refractivity contribution is -0.114. The Morgan fingerprint density at radius 1 is 1.40 bits per heavy atom. The lowest BCUT2D eigenvalue weighted by atomic mass is 9.73. The fourth-order valence-electron chi connectivity index (χ4n) is 3.42. The molecule has 1 amide bonds. The number of aromatic nitrogens is 2. The number of carbonyl (C=O) groups is 2. The maximum atomic E-state index is 12.2. The second-order valence-electron chi connectivity index (χ2n) is 7.61. The number of aryl methyl sites for hydroxylation is 1. The summed E-state index contributed by atoms with van der Waals surface area (Å²) in [6.07, 6.45) is 3.03. The number of nitrogens with one attached hydrogen (secondary N) is 1. The molecule has 2 aromatic rings. The van der Waals surface area contributed by atoms with Crippen LogP contribution in [-0.4, -0.2) is 27.9 Å². The SMILES string of the molecule is CCOC(=O)c1nc2sc3c(n2c1NC(C)=O)CCC(C(C)(C)C)C3. The van der Waals surface area contributed by atoms with E-state index in [1.165, 1.54) is 11.8 Å². The summed E-state index contributed by atoms with van der Waals surface area (Å²) in [5.41, 5.74) is 1.61. The van der Waals surface area contributed by atoms with Crippen molar-refractivity contribution >= 4 is 34.0 Å². The number of hydrogen-bond donors (Lipinski definition) is 1. The van der Waals surface area contributed by atoms with E-state index in [1.807, 2.05) is 4.40 Å². The van der Waals surface area contributed by atoms with Crippen LogP contribution in [-0.2, 0) is 22.4 Å². The Bertz CT molecular complexity index is 829. The fraction of sp³-hybridized carbons (Fsp3) is 0.611. The first-order valence-corrected chi connectivity index (χ1v) is 9.51. The van der Waals surface area contributed by atoms with Crippen molar-refractivity contribution in [2.24, 2.45) is 11.3 Å². The molecule has 0 fully saturated rings. The van der Waals surface area contributed by atoms with Crippen molar-refractivity contribution in [3.8, 4) is 0 Å². The summed E-state index contributed by atoms with van der Waals surface area (Å²) < 4.78 is 7.03. The van der Waals surface area contributed by atoms with E-state index in [0.29, 0.717) is 11.7 Å². The third kappa shape index (κ3) is 3.29. The molecule has 136 valence electrons. The molecule has 1 atom stereocenters. The molecule has 0 radical (unpaired) electrons. The van der Waals surface area contributed by atoms with Gasteiger partial charge in [0.25, 0.3) is 0 Å². The van der Waals surface area contributed by atoms with E-state index in [1.54, 1.807) is 18.3 Å². The zero-order chi connectivity index (χ0) is 18.4. The quantitative estimate of drug-likeness (QED) is 0.844. The topological polar surface area (TPSA) is 72.7 Å². The van der Waals surface area contributed by atoms with Crippen LogP contribution in [0.25, 0.3) is 4.96 Å². The number of ether oxygens (including phenoxy) is 1. The van der Waals surface area contributed by atoms with Gasteiger partial charge in [-0.1, -0.05) is 20.8 Å². The molecule has 0 aromatic carbocycles. The molecule has 1 aliphatic rings. The monoisotopic (exact) mass is 363 g/mol. The van der Waals surface area contributed by atoms with E-state index in [4.69, 9.17) is 4.74 Å². The Hall–Kier alpha value is -1.89. The number of carbonyl (C=O) groups excluding carboxylic acids is 2. The number of fused-ring (bicyclic) bond motifs is 3. The molecule has 7 heteroatoms. The zero-order valence-corrected chi connectivity index (χ0v) is 16.2. The number of amides is 1. The second-order valence-corrected chi connectivity index (χ2v) is 8.67. The van der Waals surface area contributed by atoms with Gasteiger partial charge in [-0.25, -0.2) is 9.78 Å². The maximum absolute atomic E-state index is 12.2. The number of anilines is 1. The number of imidazole rings is 1. The van der Waals surface area contributed by atoms with Gasteiger partial charge < -0.3 is 10.1 Å². The van der Waals surface area contributed by atoms with Crippen molar-refractivity contribution in [2.75, 3.05) is 11.9 Å². The average molecular weight is 363 g/mol. The van der Waals surface area contributed by atoms with Crippen molar-refractivity contribution in [1.29, 1.82) is 0 Å². The highest BCUT2D eigenvalue weighted by Gasteiger charge is 2.33. The number of rotatable bonds is 3. The van der Waals surface area contributed by atoms with Gasteiger partial charge in [-0.05, 0) is 37.5 Å². The summed E-state index contributed by atoms with van der Waals surface area (Å²) in [4.78, 5) is 30.4. The van der Waals surface area contributed by atoms with Crippen LogP contribution in [0.3, 0.4) is 0 Å². The first kappa shape index (κ1) is 17.9. The van der Waals surface area contributed by atoms with Gasteiger partial charge in [-0.15, -0.1) is 11.3 Å². The van der Waals surface area contributed by atoms with Crippen molar-refractivity contribution in [2.45, 2.75) is 53.9 Å². The van der Waals surface area contributed by atoms with Gasteiger partial charge in [0.05, 0.1) is 6.61 Å². The molecule has 2 aromatic heterocycles. The van der Waals surface area contributed by atoms with E-state index in [-0.39, 0.29) is 23.6 Å². The molecule has 1 unspecified atom stereocenters. The van der Waals surface area contributed by atoms with Gasteiger partial charge in [0.15, 0.2) is 16.5 Å². The molecule has 6 nitrogen and oxygen atoms in total. The Kier molecular flexibility index (Phi) is 4.62. The van der Waals surface area contributed by atoms with E-state index in [2.05, 4.69) is 31.1 Å². The zero-order valence-electron chi connectivity index (χ0n) is 15.4. The Morgan fingerprint density at radius 3 is 2.72 bits per heavy atom. The van der Waals surface area contributed by atoms with Crippen LogP contribution in [0.4, 0.5) is 5.82 Å². The minimum absolute atomic E-state index is 0.184. The smallest absolute Gasteiger partial charge is 0.360 e. The predicted octanol–water partition coefficient (Wildman–Crippen LogP) is 3.68. The molecular formula is C18H25N3O3S. The van der Waals surface area contributed by atoms with Gasteiger partial charge in [-0.2, -0.15) is 0 Å². The standard InChI is InChI=1S/C18H25N3O3S/c1-6-24-16(23)14-15(19-10(2)22)21-12-8-7-11(18(3,4)5)9-13(12)25-17(21)20-14/h11H,6-9H2,1-5H3,(H,19,22). The van der Waals surface area contributed by atoms with Crippen LogP contribution in [0, 0.1) is 11.3 Å². The summed E-state index contributed by atoms with van der Waals surface area (Å²) >= 11 is 1.61. The molecule has 0 aliphatic heterocycles. The number of hydrogen-bond acceptors (Lipinski definition) is 5. The summed E-state index contributed by atoms with van der Waals surface area (Å²) in [5, 5.41) is 2.78. The first-order valence-electron chi connectivity index (χ1n) is 8.70. The van der Waals surface area contributed by atoms with Crippen molar-refractivity contribution < 1.29 is 14.3 Å². The lowest BCUT2D eigenvalue weighted by Crippen LogP contribution is -2.26. The summed E-state index contributed by atoms with van der Waals surface area (Å²) in [5.74, 6) is 0.333. The lowest BCUT2D eigenvalue weighted by Gasteiger charge is -2.33. The van der Waals surface area contributed by atoms with Crippen LogP contribution < -0.4 is 5.32 Å². The highest BCUT2D eigenvalue weighted by Crippen LogP contribution is 2.41. The van der Waals surface area contributed by atoms with E-state index >= 15 is 0 Å². The fourth-order valence-corrected chi connectivity index (χ4v) is 4.67.